The Labute approximate surface area is 234 Å². The third-order valence-electron chi connectivity index (χ3n) is 7.14. The van der Waals surface area contributed by atoms with Crippen LogP contribution in [0.3, 0.4) is 0 Å². The number of aromatic nitrogens is 5. The van der Waals surface area contributed by atoms with Crippen LogP contribution < -0.4 is 5.56 Å². The van der Waals surface area contributed by atoms with Crippen LogP contribution in [0.1, 0.15) is 40.5 Å². The molecule has 39 heavy (non-hydrogen) atoms. The fourth-order valence-corrected chi connectivity index (χ4v) is 5.44. The molecular weight excluding hydrogens is 535 g/mol. The van der Waals surface area contributed by atoms with E-state index in [1.807, 2.05) is 65.6 Å². The van der Waals surface area contributed by atoms with E-state index in [1.165, 1.54) is 0 Å². The number of H-pyrrole nitrogens is 1. The van der Waals surface area contributed by atoms with Gasteiger partial charge in [0, 0.05) is 34.6 Å². The van der Waals surface area contributed by atoms with E-state index in [4.69, 9.17) is 28.2 Å². The molecule has 0 atom stereocenters. The first-order valence-corrected chi connectivity index (χ1v) is 13.4. The summed E-state index contributed by atoms with van der Waals surface area (Å²) in [7, 11) is 0. The molecule has 2 aromatic heterocycles. The highest BCUT2D eigenvalue weighted by molar-refractivity contribution is 6.35. The van der Waals surface area contributed by atoms with Gasteiger partial charge in [0.1, 0.15) is 5.82 Å². The van der Waals surface area contributed by atoms with Crippen LogP contribution >= 0.6 is 23.2 Å². The highest BCUT2D eigenvalue weighted by Gasteiger charge is 2.27. The number of rotatable bonds is 5. The SMILES string of the molecule is O=C(c1ccc(-c2ccccc2)cc1)N1CCC(c2nc3c(nnn3Cc3ccc(Cl)cc3Cl)c(=O)[nH]2)CC1. The minimum atomic E-state index is -0.333. The van der Waals surface area contributed by atoms with Crippen molar-refractivity contribution >= 4 is 40.3 Å². The number of carbonyl (C=O) groups excluding carboxylic acids is 1. The molecule has 0 radical (unpaired) electrons. The molecule has 1 aliphatic rings. The number of benzene rings is 3. The molecule has 1 N–H and O–H groups in total. The molecule has 3 aromatic carbocycles. The monoisotopic (exact) mass is 558 g/mol. The molecular formula is C29H24Cl2N6O2. The maximum absolute atomic E-state index is 13.2. The molecule has 10 heteroatoms. The predicted molar refractivity (Wildman–Crippen MR) is 151 cm³/mol. The standard InChI is InChI=1S/C29H24Cl2N6O2/c30-23-11-10-22(24(31)16-23)17-37-27-25(34-35-37)28(38)33-26(32-27)20-12-14-36(15-13-20)29(39)21-8-6-19(7-9-21)18-4-2-1-3-5-18/h1-11,16,20H,12-15,17H2,(H,32,33,38). The van der Waals surface area contributed by atoms with Crippen LogP contribution in [-0.2, 0) is 6.54 Å². The van der Waals surface area contributed by atoms with Crippen molar-refractivity contribution < 1.29 is 4.79 Å². The van der Waals surface area contributed by atoms with Gasteiger partial charge in [0.15, 0.2) is 11.2 Å². The Hall–Kier alpha value is -4.01. The molecule has 0 saturated carbocycles. The van der Waals surface area contributed by atoms with Crippen LogP contribution in [0.15, 0.2) is 77.6 Å². The second-order valence-electron chi connectivity index (χ2n) is 9.62. The van der Waals surface area contributed by atoms with E-state index >= 15 is 0 Å². The zero-order valence-corrected chi connectivity index (χ0v) is 22.4. The smallest absolute Gasteiger partial charge is 0.281 e. The Balaban J connectivity index is 1.16. The van der Waals surface area contributed by atoms with Crippen LogP contribution in [0, 0.1) is 0 Å². The van der Waals surface area contributed by atoms with Gasteiger partial charge >= 0.3 is 0 Å². The quantitative estimate of drug-likeness (QED) is 0.304. The molecule has 1 fully saturated rings. The van der Waals surface area contributed by atoms with E-state index in [9.17, 15) is 9.59 Å². The van der Waals surface area contributed by atoms with Gasteiger partial charge in [-0.25, -0.2) is 9.67 Å². The van der Waals surface area contributed by atoms with E-state index in [2.05, 4.69) is 15.3 Å². The molecule has 3 heterocycles. The van der Waals surface area contributed by atoms with E-state index in [1.54, 1.807) is 16.8 Å². The average molecular weight is 559 g/mol. The number of piperidine rings is 1. The largest absolute Gasteiger partial charge is 0.339 e. The second kappa shape index (κ2) is 10.6. The van der Waals surface area contributed by atoms with Crippen molar-refractivity contribution in [2.45, 2.75) is 25.3 Å². The molecule has 0 aliphatic carbocycles. The lowest BCUT2D eigenvalue weighted by molar-refractivity contribution is 0.0711. The van der Waals surface area contributed by atoms with Crippen LogP contribution in [-0.4, -0.2) is 48.9 Å². The molecule has 1 amide bonds. The highest BCUT2D eigenvalue weighted by atomic mass is 35.5. The number of nitrogens with one attached hydrogen (secondary N) is 1. The summed E-state index contributed by atoms with van der Waals surface area (Å²) in [5.41, 5.74) is 3.89. The molecule has 6 rings (SSSR count). The summed E-state index contributed by atoms with van der Waals surface area (Å²) in [4.78, 5) is 35.4. The van der Waals surface area contributed by atoms with Crippen LogP contribution in [0.4, 0.5) is 0 Å². The number of likely N-dealkylation sites (tertiary alicyclic amines) is 1. The normalized spacial score (nSPS) is 14.2. The van der Waals surface area contributed by atoms with E-state index in [0.29, 0.717) is 59.6 Å². The number of aromatic amines is 1. The van der Waals surface area contributed by atoms with Crippen molar-refractivity contribution in [3.8, 4) is 11.1 Å². The van der Waals surface area contributed by atoms with Gasteiger partial charge in [-0.05, 0) is 53.8 Å². The zero-order valence-electron chi connectivity index (χ0n) is 20.8. The minimum Gasteiger partial charge on any atom is -0.339 e. The van der Waals surface area contributed by atoms with Crippen LogP contribution in [0.25, 0.3) is 22.3 Å². The number of fused-ring (bicyclic) bond motifs is 1. The molecule has 1 aliphatic heterocycles. The lowest BCUT2D eigenvalue weighted by atomic mass is 9.95. The topological polar surface area (TPSA) is 96.8 Å². The van der Waals surface area contributed by atoms with Crippen LogP contribution in [0.5, 0.6) is 0 Å². The molecule has 0 unspecified atom stereocenters. The maximum Gasteiger partial charge on any atom is 0.281 e. The third kappa shape index (κ3) is 5.17. The van der Waals surface area contributed by atoms with Gasteiger partial charge < -0.3 is 9.88 Å². The maximum atomic E-state index is 13.2. The van der Waals surface area contributed by atoms with Gasteiger partial charge in [0.2, 0.25) is 0 Å². The molecule has 0 bridgehead atoms. The van der Waals surface area contributed by atoms with Crippen molar-refractivity contribution in [1.29, 1.82) is 0 Å². The van der Waals surface area contributed by atoms with Crippen LogP contribution in [0.2, 0.25) is 10.0 Å². The van der Waals surface area contributed by atoms with E-state index in [-0.39, 0.29) is 22.9 Å². The summed E-state index contributed by atoms with van der Waals surface area (Å²) in [6.07, 6.45) is 1.37. The molecule has 1 saturated heterocycles. The fourth-order valence-electron chi connectivity index (χ4n) is 4.97. The summed E-state index contributed by atoms with van der Waals surface area (Å²) in [6.45, 7) is 1.45. The summed E-state index contributed by atoms with van der Waals surface area (Å²) in [5.74, 6) is 0.596. The van der Waals surface area contributed by atoms with Crippen molar-refractivity contribution in [3.05, 3.63) is 110 Å². The fraction of sp³-hybridized carbons (Fsp3) is 0.207. The highest BCUT2D eigenvalue weighted by Crippen LogP contribution is 2.28. The molecule has 196 valence electrons. The first kappa shape index (κ1) is 25.3. The lowest BCUT2D eigenvalue weighted by Crippen LogP contribution is -2.38. The molecule has 8 nitrogen and oxygen atoms in total. The van der Waals surface area contributed by atoms with Gasteiger partial charge in [-0.15, -0.1) is 5.10 Å². The third-order valence-corrected chi connectivity index (χ3v) is 7.72. The Morgan fingerprint density at radius 2 is 1.67 bits per heavy atom. The van der Waals surface area contributed by atoms with Gasteiger partial charge in [0.25, 0.3) is 11.5 Å². The summed E-state index contributed by atoms with van der Waals surface area (Å²) in [6, 6.07) is 23.0. The minimum absolute atomic E-state index is 0.00656. The van der Waals surface area contributed by atoms with Crippen molar-refractivity contribution in [2.24, 2.45) is 0 Å². The predicted octanol–water partition coefficient (Wildman–Crippen LogP) is 5.56. The van der Waals surface area contributed by atoms with Crippen molar-refractivity contribution in [2.75, 3.05) is 13.1 Å². The number of halogens is 2. The lowest BCUT2D eigenvalue weighted by Gasteiger charge is -2.31. The first-order chi connectivity index (χ1) is 19.0. The van der Waals surface area contributed by atoms with Gasteiger partial charge in [0.05, 0.1) is 6.54 Å². The number of amides is 1. The second-order valence-corrected chi connectivity index (χ2v) is 10.5. The van der Waals surface area contributed by atoms with Gasteiger partial charge in [-0.2, -0.15) is 0 Å². The number of nitrogens with zero attached hydrogens (tertiary/aromatic N) is 5. The van der Waals surface area contributed by atoms with E-state index in [0.717, 1.165) is 16.7 Å². The zero-order chi connectivity index (χ0) is 26.9. The van der Waals surface area contributed by atoms with Gasteiger partial charge in [-0.1, -0.05) is 76.9 Å². The molecule has 0 spiro atoms. The number of hydrogen-bond donors (Lipinski definition) is 1. The summed E-state index contributed by atoms with van der Waals surface area (Å²) >= 11 is 12.3. The summed E-state index contributed by atoms with van der Waals surface area (Å²) < 4.78 is 1.57. The summed E-state index contributed by atoms with van der Waals surface area (Å²) in [5, 5.41) is 9.20. The Morgan fingerprint density at radius 1 is 0.949 bits per heavy atom. The Morgan fingerprint density at radius 3 is 2.38 bits per heavy atom. The van der Waals surface area contributed by atoms with E-state index < -0.39 is 0 Å². The Bertz CT molecular complexity index is 1710. The van der Waals surface area contributed by atoms with Crippen molar-refractivity contribution in [3.63, 3.8) is 0 Å². The number of carbonyl (C=O) groups is 1. The first-order valence-electron chi connectivity index (χ1n) is 12.7. The number of hydrogen-bond acceptors (Lipinski definition) is 5. The van der Waals surface area contributed by atoms with Crippen molar-refractivity contribution in [1.82, 2.24) is 29.9 Å². The average Bonchev–Trinajstić information content (AvgIpc) is 3.38. The van der Waals surface area contributed by atoms with Gasteiger partial charge in [-0.3, -0.25) is 9.59 Å². The molecule has 5 aromatic rings. The Kier molecular flexibility index (Phi) is 6.89.